The van der Waals surface area contributed by atoms with Gasteiger partial charge in [0.1, 0.15) is 0 Å². The van der Waals surface area contributed by atoms with E-state index in [0.717, 1.165) is 50.9 Å². The van der Waals surface area contributed by atoms with E-state index in [1.54, 1.807) is 0 Å². The van der Waals surface area contributed by atoms with E-state index in [4.69, 9.17) is 0 Å². The van der Waals surface area contributed by atoms with Crippen LogP contribution in [0.3, 0.4) is 0 Å². The molecule has 0 radical (unpaired) electrons. The van der Waals surface area contributed by atoms with Crippen LogP contribution in [0.5, 0.6) is 0 Å². The molecule has 3 rings (SSSR count). The number of rotatable bonds is 1. The van der Waals surface area contributed by atoms with Gasteiger partial charge >= 0.3 is 0 Å². The van der Waals surface area contributed by atoms with Gasteiger partial charge in [-0.3, -0.25) is 4.90 Å². The minimum Gasteiger partial charge on any atom is -0.411 e. The van der Waals surface area contributed by atoms with Crippen molar-refractivity contribution in [3.05, 3.63) is 47.5 Å². The lowest BCUT2D eigenvalue weighted by atomic mass is 9.93. The summed E-state index contributed by atoms with van der Waals surface area (Å²) in [5.74, 6) is 0. The number of oxime groups is 1. The van der Waals surface area contributed by atoms with E-state index in [0.29, 0.717) is 6.04 Å². The summed E-state index contributed by atoms with van der Waals surface area (Å²) in [6, 6.07) is 8.98. The van der Waals surface area contributed by atoms with Crippen molar-refractivity contribution in [3.63, 3.8) is 0 Å². The normalized spacial score (nSPS) is 27.6. The van der Waals surface area contributed by atoms with Crippen LogP contribution in [0, 0.1) is 0 Å². The Morgan fingerprint density at radius 1 is 1.05 bits per heavy atom. The zero-order valence-corrected chi connectivity index (χ0v) is 11.8. The summed E-state index contributed by atoms with van der Waals surface area (Å²) < 4.78 is 0. The SMILES string of the molecule is O/N=C1\CC/C=C\CCC1N1CCc2ccccc2C1. The Labute approximate surface area is 120 Å². The first-order chi connectivity index (χ1) is 9.88. The molecule has 1 aromatic rings. The fourth-order valence-corrected chi connectivity index (χ4v) is 3.35. The third-order valence-electron chi connectivity index (χ3n) is 4.45. The van der Waals surface area contributed by atoms with Crippen molar-refractivity contribution < 1.29 is 5.21 Å². The molecule has 0 spiro atoms. The van der Waals surface area contributed by atoms with E-state index in [2.05, 4.69) is 46.5 Å². The van der Waals surface area contributed by atoms with Gasteiger partial charge in [-0.05, 0) is 43.2 Å². The topological polar surface area (TPSA) is 35.8 Å². The lowest BCUT2D eigenvalue weighted by Crippen LogP contribution is -2.44. The predicted molar refractivity (Wildman–Crippen MR) is 81.2 cm³/mol. The molecule has 0 fully saturated rings. The second-order valence-corrected chi connectivity index (χ2v) is 5.68. The molecule has 3 nitrogen and oxygen atoms in total. The highest BCUT2D eigenvalue weighted by Crippen LogP contribution is 2.24. The average molecular weight is 270 g/mol. The van der Waals surface area contributed by atoms with Crippen LogP contribution in [-0.2, 0) is 13.0 Å². The Kier molecular flexibility index (Phi) is 4.16. The molecule has 1 N–H and O–H groups in total. The van der Waals surface area contributed by atoms with Crippen LogP contribution in [0.15, 0.2) is 41.6 Å². The minimum absolute atomic E-state index is 0.290. The molecule has 0 bridgehead atoms. The molecule has 106 valence electrons. The highest BCUT2D eigenvalue weighted by molar-refractivity contribution is 5.89. The maximum atomic E-state index is 9.34. The summed E-state index contributed by atoms with van der Waals surface area (Å²) in [7, 11) is 0. The zero-order valence-electron chi connectivity index (χ0n) is 11.8. The molecule has 1 aromatic carbocycles. The van der Waals surface area contributed by atoms with Gasteiger partial charge in [-0.2, -0.15) is 0 Å². The summed E-state index contributed by atoms with van der Waals surface area (Å²) >= 11 is 0. The Morgan fingerprint density at radius 3 is 2.70 bits per heavy atom. The van der Waals surface area contributed by atoms with Crippen LogP contribution in [0.4, 0.5) is 0 Å². The van der Waals surface area contributed by atoms with Crippen LogP contribution < -0.4 is 0 Å². The quantitative estimate of drug-likeness (QED) is 0.482. The molecule has 3 heteroatoms. The van der Waals surface area contributed by atoms with Crippen LogP contribution in [-0.4, -0.2) is 28.4 Å². The molecular formula is C17H22N2O. The molecule has 1 atom stereocenters. The largest absolute Gasteiger partial charge is 0.411 e. The van der Waals surface area contributed by atoms with Crippen LogP contribution in [0.25, 0.3) is 0 Å². The Morgan fingerprint density at radius 2 is 1.85 bits per heavy atom. The highest BCUT2D eigenvalue weighted by Gasteiger charge is 2.27. The third kappa shape index (κ3) is 2.78. The van der Waals surface area contributed by atoms with Crippen molar-refractivity contribution in [3.8, 4) is 0 Å². The fourth-order valence-electron chi connectivity index (χ4n) is 3.35. The van der Waals surface area contributed by atoms with Crippen LogP contribution in [0.2, 0.25) is 0 Å². The molecule has 0 saturated heterocycles. The smallest absolute Gasteiger partial charge is 0.0745 e. The maximum Gasteiger partial charge on any atom is 0.0745 e. The van der Waals surface area contributed by atoms with Crippen molar-refractivity contribution in [2.75, 3.05) is 6.54 Å². The first-order valence-corrected chi connectivity index (χ1v) is 7.55. The van der Waals surface area contributed by atoms with Gasteiger partial charge in [0.25, 0.3) is 0 Å². The van der Waals surface area contributed by atoms with E-state index in [1.807, 2.05) is 0 Å². The molecule has 20 heavy (non-hydrogen) atoms. The zero-order chi connectivity index (χ0) is 13.8. The van der Waals surface area contributed by atoms with Crippen molar-refractivity contribution in [2.24, 2.45) is 5.16 Å². The van der Waals surface area contributed by atoms with Crippen LogP contribution in [0.1, 0.15) is 36.8 Å². The van der Waals surface area contributed by atoms with E-state index >= 15 is 0 Å². The van der Waals surface area contributed by atoms with E-state index in [9.17, 15) is 5.21 Å². The minimum atomic E-state index is 0.290. The van der Waals surface area contributed by atoms with Gasteiger partial charge in [-0.1, -0.05) is 41.6 Å². The molecular weight excluding hydrogens is 248 g/mol. The molecule has 1 aliphatic carbocycles. The summed E-state index contributed by atoms with van der Waals surface area (Å²) in [5, 5.41) is 12.9. The predicted octanol–water partition coefficient (Wildman–Crippen LogP) is 3.37. The highest BCUT2D eigenvalue weighted by atomic mass is 16.4. The number of fused-ring (bicyclic) bond motifs is 1. The van der Waals surface area contributed by atoms with E-state index < -0.39 is 0 Å². The molecule has 1 heterocycles. The average Bonchev–Trinajstić information content (AvgIpc) is 2.47. The summed E-state index contributed by atoms with van der Waals surface area (Å²) in [6.07, 6.45) is 9.54. The van der Waals surface area contributed by atoms with E-state index in [-0.39, 0.29) is 0 Å². The van der Waals surface area contributed by atoms with Gasteiger partial charge in [0.05, 0.1) is 11.8 Å². The number of hydrogen-bond donors (Lipinski definition) is 1. The number of benzene rings is 1. The monoisotopic (exact) mass is 270 g/mol. The Hall–Kier alpha value is -1.61. The first-order valence-electron chi connectivity index (χ1n) is 7.55. The Bertz CT molecular complexity index is 521. The third-order valence-corrected chi connectivity index (χ3v) is 4.45. The molecule has 0 saturated carbocycles. The first kappa shape index (κ1) is 13.4. The number of hydrogen-bond acceptors (Lipinski definition) is 3. The molecule has 0 amide bonds. The van der Waals surface area contributed by atoms with E-state index in [1.165, 1.54) is 11.1 Å². The van der Waals surface area contributed by atoms with Gasteiger partial charge in [-0.25, -0.2) is 0 Å². The standard InChI is InChI=1S/C17H22N2O/c20-18-16-9-3-1-2-4-10-17(16)19-12-11-14-7-5-6-8-15(14)13-19/h1-2,5-8,17,20H,3-4,9-13H2/b2-1-,18-16+. The summed E-state index contributed by atoms with van der Waals surface area (Å²) in [6.45, 7) is 2.04. The van der Waals surface area contributed by atoms with Crippen molar-refractivity contribution in [1.82, 2.24) is 4.90 Å². The van der Waals surface area contributed by atoms with Gasteiger partial charge in [-0.15, -0.1) is 0 Å². The lowest BCUT2D eigenvalue weighted by molar-refractivity contribution is 0.206. The summed E-state index contributed by atoms with van der Waals surface area (Å²) in [5.41, 5.74) is 3.85. The molecule has 1 unspecified atom stereocenters. The number of nitrogens with zero attached hydrogens (tertiary/aromatic N) is 2. The Balaban J connectivity index is 1.79. The summed E-state index contributed by atoms with van der Waals surface area (Å²) in [4.78, 5) is 2.48. The fraction of sp³-hybridized carbons (Fsp3) is 0.471. The second kappa shape index (κ2) is 6.23. The van der Waals surface area contributed by atoms with Gasteiger partial charge < -0.3 is 5.21 Å². The van der Waals surface area contributed by atoms with Crippen molar-refractivity contribution in [2.45, 2.75) is 44.7 Å². The molecule has 1 aliphatic heterocycles. The lowest BCUT2D eigenvalue weighted by Gasteiger charge is -2.36. The van der Waals surface area contributed by atoms with Crippen molar-refractivity contribution >= 4 is 5.71 Å². The molecule has 2 aliphatic rings. The van der Waals surface area contributed by atoms with Gasteiger partial charge in [0.15, 0.2) is 0 Å². The molecule has 0 aromatic heterocycles. The van der Waals surface area contributed by atoms with Gasteiger partial charge in [0.2, 0.25) is 0 Å². The van der Waals surface area contributed by atoms with Crippen LogP contribution >= 0.6 is 0 Å². The maximum absolute atomic E-state index is 9.34. The van der Waals surface area contributed by atoms with Crippen molar-refractivity contribution in [1.29, 1.82) is 0 Å². The second-order valence-electron chi connectivity index (χ2n) is 5.68. The number of allylic oxidation sites excluding steroid dienone is 2. The van der Waals surface area contributed by atoms with Gasteiger partial charge in [0, 0.05) is 13.1 Å².